The van der Waals surface area contributed by atoms with E-state index in [0.29, 0.717) is 22.4 Å². The van der Waals surface area contributed by atoms with Crippen molar-refractivity contribution in [2.24, 2.45) is 16.0 Å². The summed E-state index contributed by atoms with van der Waals surface area (Å²) in [5.41, 5.74) is 5.19. The van der Waals surface area contributed by atoms with Crippen LogP contribution in [-0.4, -0.2) is 59.8 Å². The van der Waals surface area contributed by atoms with Gasteiger partial charge in [0.1, 0.15) is 11.9 Å². The summed E-state index contributed by atoms with van der Waals surface area (Å²) in [6.45, 7) is 1.25. The fourth-order valence-corrected chi connectivity index (χ4v) is 2.07. The first-order chi connectivity index (χ1) is 14.9. The van der Waals surface area contributed by atoms with Crippen molar-refractivity contribution < 1.29 is 42.2 Å². The fraction of sp³-hybridized carbons (Fsp3) is 0.294. The minimum atomic E-state index is -5.08. The number of nitrogens with one attached hydrogen (secondary N) is 3. The maximum atomic E-state index is 12.0. The monoisotopic (exact) mass is 460 g/mol. The normalized spacial score (nSPS) is 11.9. The second-order valence-electron chi connectivity index (χ2n) is 5.84. The minimum Gasteiger partial charge on any atom is -0.475 e. The minimum absolute atomic E-state index is 0.249. The summed E-state index contributed by atoms with van der Waals surface area (Å²) in [5.74, 6) is -3.25. The molecule has 2 rings (SSSR count). The van der Waals surface area contributed by atoms with Crippen molar-refractivity contribution in [3.8, 4) is 0 Å². The Hall–Kier alpha value is -4.01. The molecule has 0 aliphatic carbocycles. The number of nitrogens with two attached hydrogens (primary N) is 1. The van der Waals surface area contributed by atoms with Gasteiger partial charge in [0.05, 0.1) is 13.7 Å². The number of benzene rings is 1. The van der Waals surface area contributed by atoms with Crippen molar-refractivity contribution in [2.45, 2.75) is 19.1 Å². The summed E-state index contributed by atoms with van der Waals surface area (Å²) in [4.78, 5) is 46.4. The number of halogens is 3. The van der Waals surface area contributed by atoms with E-state index in [0.717, 1.165) is 0 Å². The third kappa shape index (κ3) is 7.67. The van der Waals surface area contributed by atoms with Crippen molar-refractivity contribution in [3.05, 3.63) is 24.3 Å². The average Bonchev–Trinajstić information content (AvgIpc) is 3.08. The summed E-state index contributed by atoms with van der Waals surface area (Å²) in [7, 11) is 1.23. The summed E-state index contributed by atoms with van der Waals surface area (Å²) in [6, 6.07) is 5.66. The van der Waals surface area contributed by atoms with E-state index in [1.54, 1.807) is 24.3 Å². The predicted molar refractivity (Wildman–Crippen MR) is 104 cm³/mol. The van der Waals surface area contributed by atoms with Crippen LogP contribution in [0, 0.1) is 0 Å². The maximum absolute atomic E-state index is 12.0. The molecule has 15 heteroatoms. The molecule has 0 saturated heterocycles. The number of carbonyl (C=O) groups is 4. The van der Waals surface area contributed by atoms with E-state index < -0.39 is 36.1 Å². The van der Waals surface area contributed by atoms with Crippen molar-refractivity contribution in [1.29, 1.82) is 0 Å². The van der Waals surface area contributed by atoms with E-state index in [1.165, 1.54) is 14.0 Å². The second kappa shape index (κ2) is 11.4. The van der Waals surface area contributed by atoms with E-state index >= 15 is 0 Å². The molecule has 32 heavy (non-hydrogen) atoms. The smallest absolute Gasteiger partial charge is 0.475 e. The Balaban J connectivity index is 0.000000633. The number of methoxy groups -OCH3 is 1. The Labute approximate surface area is 178 Å². The molecular formula is C17H19F3N6O6. The number of alkyl halides is 3. The van der Waals surface area contributed by atoms with Gasteiger partial charge in [-0.25, -0.2) is 14.4 Å². The molecule has 12 nitrogen and oxygen atoms in total. The highest BCUT2D eigenvalue weighted by Crippen LogP contribution is 2.32. The highest BCUT2D eigenvalue weighted by atomic mass is 19.4. The molecule has 0 radical (unpaired) electrons. The van der Waals surface area contributed by atoms with Gasteiger partial charge < -0.3 is 25.9 Å². The zero-order valence-electron chi connectivity index (χ0n) is 16.7. The van der Waals surface area contributed by atoms with E-state index in [9.17, 15) is 27.6 Å². The van der Waals surface area contributed by atoms with Crippen molar-refractivity contribution in [1.82, 2.24) is 10.3 Å². The number of hydrogen-bond donors (Lipinski definition) is 5. The molecule has 0 aliphatic rings. The molecular weight excluding hydrogens is 441 g/mol. The molecule has 1 aromatic carbocycles. The number of carboxylic acids is 1. The van der Waals surface area contributed by atoms with E-state index in [-0.39, 0.29) is 6.54 Å². The van der Waals surface area contributed by atoms with Gasteiger partial charge in [-0.1, -0.05) is 24.3 Å². The number of carboxylic acid groups (broad SMARTS) is 1. The number of nitrogens with zero attached hydrogens (tertiary/aromatic N) is 2. The van der Waals surface area contributed by atoms with Crippen molar-refractivity contribution in [3.63, 3.8) is 0 Å². The molecule has 1 atom stereocenters. The third-order valence-electron chi connectivity index (χ3n) is 3.51. The van der Waals surface area contributed by atoms with Gasteiger partial charge in [-0.3, -0.25) is 10.1 Å². The molecule has 174 valence electrons. The van der Waals surface area contributed by atoms with Gasteiger partial charge in [-0.15, -0.1) is 10.2 Å². The first kappa shape index (κ1) is 26.0. The van der Waals surface area contributed by atoms with E-state index in [4.69, 9.17) is 15.6 Å². The number of anilines is 1. The van der Waals surface area contributed by atoms with Crippen LogP contribution in [0.4, 0.5) is 29.6 Å². The van der Waals surface area contributed by atoms with E-state index in [2.05, 4.69) is 30.6 Å². The topological polar surface area (TPSA) is 188 Å². The number of esters is 1. The van der Waals surface area contributed by atoms with Gasteiger partial charge in [-0.05, 0) is 6.92 Å². The number of aromatic nitrogens is 1. The highest BCUT2D eigenvalue weighted by molar-refractivity contribution is 6.05. The molecule has 0 spiro atoms. The van der Waals surface area contributed by atoms with Crippen LogP contribution in [0.2, 0.25) is 0 Å². The molecule has 0 aliphatic heterocycles. The van der Waals surface area contributed by atoms with Crippen LogP contribution in [0.25, 0.3) is 10.8 Å². The van der Waals surface area contributed by atoms with Crippen LogP contribution in [0.5, 0.6) is 0 Å². The number of carbonyl (C=O) groups excluding carboxylic acids is 3. The predicted octanol–water partition coefficient (Wildman–Crippen LogP) is 2.05. The van der Waals surface area contributed by atoms with Crippen molar-refractivity contribution in [2.75, 3.05) is 19.0 Å². The Bertz CT molecular complexity index is 1020. The molecule has 1 aromatic heterocycles. The standard InChI is InChI=1S/C15H18N6O4.C2HF3O2/c1-8(14(23)25-2)17-15(24)19-12-9-5-3-4-6-10(9)13(18-12)21-20-11(22)7-16;3-2(4,5)1(6)7/h3-6,8,18H,7,16H2,1-2H3,(H2,17,19,24);(H,6,7)/t8-;/m0./s1. The number of aliphatic carboxylic acids is 1. The SMILES string of the molecule is COC(=O)[C@H](C)NC(=O)Nc1[nH]c(N=NC(=O)CN)c2ccccc12.O=C(O)C(F)(F)F. The van der Waals surface area contributed by atoms with E-state index in [1.807, 2.05) is 0 Å². The van der Waals surface area contributed by atoms with Crippen LogP contribution in [0.15, 0.2) is 34.5 Å². The van der Waals surface area contributed by atoms with Crippen LogP contribution in [-0.2, 0) is 19.1 Å². The Morgan fingerprint density at radius 3 is 2.28 bits per heavy atom. The summed E-state index contributed by atoms with van der Waals surface area (Å²) in [5, 5.41) is 20.8. The van der Waals surface area contributed by atoms with Crippen LogP contribution in [0.1, 0.15) is 6.92 Å². The lowest BCUT2D eigenvalue weighted by Crippen LogP contribution is -2.41. The van der Waals surface area contributed by atoms with Gasteiger partial charge in [0.15, 0.2) is 5.82 Å². The largest absolute Gasteiger partial charge is 0.490 e. The number of azo groups is 1. The summed E-state index contributed by atoms with van der Waals surface area (Å²) < 4.78 is 36.3. The second-order valence-corrected chi connectivity index (χ2v) is 5.84. The lowest BCUT2D eigenvalue weighted by molar-refractivity contribution is -0.192. The van der Waals surface area contributed by atoms with Gasteiger partial charge in [0.2, 0.25) is 0 Å². The van der Waals surface area contributed by atoms with Crippen LogP contribution >= 0.6 is 0 Å². The number of aromatic amines is 1. The number of hydrogen-bond acceptors (Lipinski definition) is 7. The number of urea groups is 1. The number of ether oxygens (including phenoxy) is 1. The lowest BCUT2D eigenvalue weighted by Gasteiger charge is -2.11. The Morgan fingerprint density at radius 1 is 1.22 bits per heavy atom. The maximum Gasteiger partial charge on any atom is 0.490 e. The zero-order chi connectivity index (χ0) is 24.5. The fourth-order valence-electron chi connectivity index (χ4n) is 2.07. The molecule has 0 unspecified atom stereocenters. The first-order valence-corrected chi connectivity index (χ1v) is 8.61. The molecule has 0 bridgehead atoms. The molecule has 1 heterocycles. The number of H-pyrrole nitrogens is 1. The molecule has 6 N–H and O–H groups in total. The lowest BCUT2D eigenvalue weighted by atomic mass is 10.2. The van der Waals surface area contributed by atoms with Gasteiger partial charge >= 0.3 is 24.1 Å². The average molecular weight is 460 g/mol. The Morgan fingerprint density at radius 2 is 1.78 bits per heavy atom. The number of amides is 3. The summed E-state index contributed by atoms with van der Waals surface area (Å²) >= 11 is 0. The first-order valence-electron chi connectivity index (χ1n) is 8.61. The summed E-state index contributed by atoms with van der Waals surface area (Å²) in [6.07, 6.45) is -5.08. The van der Waals surface area contributed by atoms with Crippen molar-refractivity contribution >= 4 is 46.3 Å². The van der Waals surface area contributed by atoms with Crippen LogP contribution < -0.4 is 16.4 Å². The quantitative estimate of drug-likeness (QED) is 0.333. The third-order valence-corrected chi connectivity index (χ3v) is 3.51. The zero-order valence-corrected chi connectivity index (χ0v) is 16.7. The number of rotatable bonds is 5. The Kier molecular flexibility index (Phi) is 9.27. The van der Waals surface area contributed by atoms with Gasteiger partial charge in [-0.2, -0.15) is 13.2 Å². The van der Waals surface area contributed by atoms with Crippen LogP contribution in [0.3, 0.4) is 0 Å². The molecule has 0 saturated carbocycles. The van der Waals surface area contributed by atoms with Gasteiger partial charge in [0.25, 0.3) is 5.91 Å². The number of fused-ring (bicyclic) bond motifs is 1. The molecule has 2 aromatic rings. The highest BCUT2D eigenvalue weighted by Gasteiger charge is 2.38. The molecule has 3 amide bonds. The molecule has 0 fully saturated rings. The van der Waals surface area contributed by atoms with Gasteiger partial charge in [0, 0.05) is 10.8 Å².